The van der Waals surface area contributed by atoms with E-state index in [1.807, 2.05) is 23.9 Å². The molecule has 0 unspecified atom stereocenters. The molecule has 0 amide bonds. The molecule has 0 aliphatic heterocycles. The van der Waals surface area contributed by atoms with Crippen LogP contribution in [-0.2, 0) is 0 Å². The zero-order valence-corrected chi connectivity index (χ0v) is 22.1. The molecule has 5 radical (unpaired) electrons. The van der Waals surface area contributed by atoms with E-state index in [4.69, 9.17) is 4.74 Å². The monoisotopic (exact) mass is 471 g/mol. The van der Waals surface area contributed by atoms with Gasteiger partial charge in [0.1, 0.15) is 5.75 Å². The number of aryl methyl sites for hydroxylation is 4. The van der Waals surface area contributed by atoms with E-state index in [-0.39, 0.29) is 0 Å². The van der Waals surface area contributed by atoms with E-state index in [9.17, 15) is 0 Å². The SMILES string of the molecule is COc1ccc(S[C@@H](C)[C]2[CH][CH][CH][C]2P(c2cc(C)cc(C)c2)c2cc(C)cc(C)c2)cc1. The third-order valence-corrected chi connectivity index (χ3v) is 9.40. The Kier molecular flexibility index (Phi) is 7.87. The fourth-order valence-electron chi connectivity index (χ4n) is 4.48. The van der Waals surface area contributed by atoms with Crippen LogP contribution < -0.4 is 15.3 Å². The predicted molar refractivity (Wildman–Crippen MR) is 146 cm³/mol. The first-order valence-corrected chi connectivity index (χ1v) is 13.6. The number of methoxy groups -OCH3 is 1. The zero-order chi connectivity index (χ0) is 23.5. The molecule has 3 heteroatoms. The Balaban J connectivity index is 1.68. The van der Waals surface area contributed by atoms with Crippen LogP contribution in [0, 0.1) is 58.5 Å². The van der Waals surface area contributed by atoms with Crippen molar-refractivity contribution in [2.24, 2.45) is 0 Å². The number of hydrogen-bond donors (Lipinski definition) is 0. The third kappa shape index (κ3) is 5.84. The van der Waals surface area contributed by atoms with E-state index in [0.717, 1.165) is 5.75 Å². The van der Waals surface area contributed by atoms with Crippen molar-refractivity contribution in [3.8, 4) is 5.75 Å². The van der Waals surface area contributed by atoms with Crippen molar-refractivity contribution in [1.29, 1.82) is 0 Å². The molecule has 33 heavy (non-hydrogen) atoms. The predicted octanol–water partition coefficient (Wildman–Crippen LogP) is 7.28. The summed E-state index contributed by atoms with van der Waals surface area (Å²) >= 11 is 1.91. The molecule has 1 aliphatic carbocycles. The largest absolute Gasteiger partial charge is 0.497 e. The fourth-order valence-corrected chi connectivity index (χ4v) is 8.55. The Hall–Kier alpha value is -1.76. The van der Waals surface area contributed by atoms with Gasteiger partial charge in [0.2, 0.25) is 0 Å². The second kappa shape index (κ2) is 10.7. The molecule has 1 atom stereocenters. The Bertz CT molecular complexity index is 999. The zero-order valence-electron chi connectivity index (χ0n) is 20.3. The van der Waals surface area contributed by atoms with Crippen LogP contribution in [0.25, 0.3) is 0 Å². The van der Waals surface area contributed by atoms with Crippen molar-refractivity contribution in [2.75, 3.05) is 7.11 Å². The summed E-state index contributed by atoms with van der Waals surface area (Å²) < 4.78 is 5.33. The maximum Gasteiger partial charge on any atom is 0.118 e. The normalized spacial score (nSPS) is 15.8. The molecule has 1 saturated carbocycles. The molecule has 0 saturated heterocycles. The highest BCUT2D eigenvalue weighted by Crippen LogP contribution is 2.58. The summed E-state index contributed by atoms with van der Waals surface area (Å²) in [6.45, 7) is 11.2. The minimum absolute atomic E-state index is 0.352. The molecule has 4 rings (SSSR count). The van der Waals surface area contributed by atoms with Gasteiger partial charge in [-0.15, -0.1) is 11.8 Å². The minimum Gasteiger partial charge on any atom is -0.497 e. The van der Waals surface area contributed by atoms with E-state index >= 15 is 0 Å². The van der Waals surface area contributed by atoms with Crippen molar-refractivity contribution in [2.45, 2.75) is 44.8 Å². The van der Waals surface area contributed by atoms with Crippen LogP contribution in [0.3, 0.4) is 0 Å². The lowest BCUT2D eigenvalue weighted by Gasteiger charge is -2.32. The summed E-state index contributed by atoms with van der Waals surface area (Å²) in [5.74, 6) is 2.33. The molecule has 169 valence electrons. The van der Waals surface area contributed by atoms with Gasteiger partial charge in [-0.2, -0.15) is 0 Å². The van der Waals surface area contributed by atoms with E-state index in [1.165, 1.54) is 49.3 Å². The van der Waals surface area contributed by atoms with Gasteiger partial charge in [-0.25, -0.2) is 0 Å². The number of thioether (sulfide) groups is 1. The molecule has 1 fully saturated rings. The van der Waals surface area contributed by atoms with E-state index in [0.29, 0.717) is 5.25 Å². The van der Waals surface area contributed by atoms with Gasteiger partial charge in [0, 0.05) is 21.7 Å². The minimum atomic E-state index is -0.643. The summed E-state index contributed by atoms with van der Waals surface area (Å²) in [6, 6.07) is 22.5. The highest BCUT2D eigenvalue weighted by molar-refractivity contribution is 8.00. The van der Waals surface area contributed by atoms with E-state index in [1.54, 1.807) is 7.11 Å². The van der Waals surface area contributed by atoms with Crippen LogP contribution in [0.15, 0.2) is 65.6 Å². The number of hydrogen-bond acceptors (Lipinski definition) is 2. The van der Waals surface area contributed by atoms with E-state index < -0.39 is 7.92 Å². The standard InChI is InChI=1S/C30H32OPS/c1-20-14-21(2)17-26(16-20)32(27-18-22(3)15-23(4)19-27)30-9-7-8-29(30)24(5)33-28-12-10-25(31-6)11-13-28/h7-19,24H,1-6H3/t24-/m0/s1. The van der Waals surface area contributed by atoms with Gasteiger partial charge >= 0.3 is 0 Å². The highest BCUT2D eigenvalue weighted by Gasteiger charge is 2.40. The lowest BCUT2D eigenvalue weighted by atomic mass is 10.0. The Morgan fingerprint density at radius 2 is 1.24 bits per heavy atom. The summed E-state index contributed by atoms with van der Waals surface area (Å²) in [5.41, 5.74) is 6.78. The van der Waals surface area contributed by atoms with Crippen LogP contribution in [0.2, 0.25) is 0 Å². The van der Waals surface area contributed by atoms with Crippen LogP contribution in [-0.4, -0.2) is 12.4 Å². The molecular formula is C30H32OPS. The van der Waals surface area contributed by atoms with Crippen molar-refractivity contribution in [3.63, 3.8) is 0 Å². The summed E-state index contributed by atoms with van der Waals surface area (Å²) in [4.78, 5) is 1.26. The molecule has 0 spiro atoms. The Labute approximate surface area is 206 Å². The van der Waals surface area contributed by atoms with Crippen LogP contribution in [0.4, 0.5) is 0 Å². The summed E-state index contributed by atoms with van der Waals surface area (Å²) in [7, 11) is 1.07. The Morgan fingerprint density at radius 3 is 1.73 bits per heavy atom. The molecule has 0 heterocycles. The average molecular weight is 472 g/mol. The van der Waals surface area contributed by atoms with Gasteiger partial charge < -0.3 is 4.74 Å². The molecule has 3 aromatic carbocycles. The van der Waals surface area contributed by atoms with Gasteiger partial charge in [0.05, 0.1) is 7.11 Å². The van der Waals surface area contributed by atoms with Crippen LogP contribution in [0.5, 0.6) is 5.75 Å². The molecule has 0 bridgehead atoms. The highest BCUT2D eigenvalue weighted by atomic mass is 32.2. The molecule has 0 N–H and O–H groups in total. The van der Waals surface area contributed by atoms with Gasteiger partial charge in [-0.05, 0) is 89.8 Å². The topological polar surface area (TPSA) is 9.23 Å². The number of rotatable bonds is 7. The first kappa shape index (κ1) is 24.4. The van der Waals surface area contributed by atoms with Gasteiger partial charge in [0.25, 0.3) is 0 Å². The number of ether oxygens (including phenoxy) is 1. The van der Waals surface area contributed by atoms with Crippen LogP contribution in [0.1, 0.15) is 29.2 Å². The first-order valence-electron chi connectivity index (χ1n) is 11.4. The average Bonchev–Trinajstić information content (AvgIpc) is 3.22. The van der Waals surface area contributed by atoms with Gasteiger partial charge in [-0.3, -0.25) is 0 Å². The second-order valence-electron chi connectivity index (χ2n) is 8.83. The fraction of sp³-hybridized carbons (Fsp3) is 0.233. The molecule has 3 aromatic rings. The maximum absolute atomic E-state index is 5.33. The van der Waals surface area contributed by atoms with Crippen molar-refractivity contribution in [1.82, 2.24) is 0 Å². The maximum atomic E-state index is 5.33. The second-order valence-corrected chi connectivity index (χ2v) is 12.4. The summed E-state index contributed by atoms with van der Waals surface area (Å²) in [6.07, 6.45) is 6.90. The molecule has 1 aliphatic rings. The van der Waals surface area contributed by atoms with Gasteiger partial charge in [0.15, 0.2) is 0 Å². The smallest absolute Gasteiger partial charge is 0.118 e. The first-order chi connectivity index (χ1) is 15.8. The third-order valence-electron chi connectivity index (χ3n) is 5.81. The van der Waals surface area contributed by atoms with Crippen molar-refractivity contribution >= 4 is 30.3 Å². The molecular weight excluding hydrogens is 439 g/mol. The van der Waals surface area contributed by atoms with Crippen molar-refractivity contribution in [3.05, 3.63) is 114 Å². The van der Waals surface area contributed by atoms with Crippen LogP contribution >= 0.6 is 19.7 Å². The molecule has 1 nitrogen and oxygen atoms in total. The van der Waals surface area contributed by atoms with Crippen molar-refractivity contribution < 1.29 is 4.74 Å². The lowest BCUT2D eigenvalue weighted by Crippen LogP contribution is -2.23. The molecule has 0 aromatic heterocycles. The lowest BCUT2D eigenvalue weighted by molar-refractivity contribution is 0.414. The summed E-state index contributed by atoms with van der Waals surface area (Å²) in [5, 5.41) is 3.22. The van der Waals surface area contributed by atoms with Gasteiger partial charge in [-0.1, -0.05) is 65.6 Å². The number of benzene rings is 3. The Morgan fingerprint density at radius 1 is 0.727 bits per heavy atom. The quantitative estimate of drug-likeness (QED) is 0.265. The van der Waals surface area contributed by atoms with E-state index in [2.05, 4.69) is 102 Å².